The van der Waals surface area contributed by atoms with Crippen molar-refractivity contribution in [2.24, 2.45) is 0 Å². The molecule has 1 heterocycles. The van der Waals surface area contributed by atoms with Gasteiger partial charge in [0.25, 0.3) is 0 Å². The summed E-state index contributed by atoms with van der Waals surface area (Å²) in [5.41, 5.74) is 8.23. The first kappa shape index (κ1) is 14.9. The van der Waals surface area contributed by atoms with Crippen molar-refractivity contribution < 1.29 is 14.0 Å². The molecule has 6 heteroatoms. The van der Waals surface area contributed by atoms with Crippen LogP contribution in [0.25, 0.3) is 11.4 Å². The molecular formula is C17H17N3O3. The van der Waals surface area contributed by atoms with E-state index in [1.165, 1.54) is 0 Å². The average molecular weight is 311 g/mol. The highest BCUT2D eigenvalue weighted by Crippen LogP contribution is 2.28. The molecule has 0 spiro atoms. The Morgan fingerprint density at radius 2 is 1.65 bits per heavy atom. The number of methoxy groups -OCH3 is 2. The highest BCUT2D eigenvalue weighted by molar-refractivity contribution is 5.60. The van der Waals surface area contributed by atoms with Crippen LogP contribution in [0.3, 0.4) is 0 Å². The predicted octanol–water partition coefficient (Wildman–Crippen LogP) is 2.93. The van der Waals surface area contributed by atoms with E-state index in [2.05, 4.69) is 10.1 Å². The van der Waals surface area contributed by atoms with E-state index in [4.69, 9.17) is 19.7 Å². The van der Waals surface area contributed by atoms with Crippen LogP contribution >= 0.6 is 0 Å². The standard InChI is InChI=1S/C17H17N3O3/c1-21-14-8-12(9-15(10-14)22-2)17-19-16(23-20-17)7-11-3-5-13(18)6-4-11/h3-6,8-10H,7,18H2,1-2H3. The lowest BCUT2D eigenvalue weighted by atomic mass is 10.1. The molecule has 2 aromatic carbocycles. The van der Waals surface area contributed by atoms with Gasteiger partial charge in [-0.05, 0) is 29.8 Å². The van der Waals surface area contributed by atoms with Gasteiger partial charge in [0, 0.05) is 17.3 Å². The maximum absolute atomic E-state index is 5.68. The molecule has 0 aliphatic heterocycles. The number of nitrogens with two attached hydrogens (primary N) is 1. The lowest BCUT2D eigenvalue weighted by Gasteiger charge is -2.05. The van der Waals surface area contributed by atoms with E-state index >= 15 is 0 Å². The first-order chi connectivity index (χ1) is 11.2. The number of hydrogen-bond acceptors (Lipinski definition) is 6. The van der Waals surface area contributed by atoms with Gasteiger partial charge in [-0.3, -0.25) is 0 Å². The van der Waals surface area contributed by atoms with E-state index in [1.54, 1.807) is 20.3 Å². The molecule has 0 aliphatic rings. The van der Waals surface area contributed by atoms with Crippen molar-refractivity contribution in [3.63, 3.8) is 0 Å². The molecule has 0 bridgehead atoms. The van der Waals surface area contributed by atoms with Gasteiger partial charge < -0.3 is 19.7 Å². The summed E-state index contributed by atoms with van der Waals surface area (Å²) in [7, 11) is 3.20. The highest BCUT2D eigenvalue weighted by atomic mass is 16.5. The fourth-order valence-electron chi connectivity index (χ4n) is 2.19. The van der Waals surface area contributed by atoms with Crippen LogP contribution in [0.1, 0.15) is 11.5 Å². The molecule has 2 N–H and O–H groups in total. The van der Waals surface area contributed by atoms with Crippen molar-refractivity contribution in [3.8, 4) is 22.9 Å². The maximum atomic E-state index is 5.68. The highest BCUT2D eigenvalue weighted by Gasteiger charge is 2.12. The van der Waals surface area contributed by atoms with Crippen LogP contribution in [0.4, 0.5) is 5.69 Å². The normalized spacial score (nSPS) is 10.5. The van der Waals surface area contributed by atoms with Crippen molar-refractivity contribution in [1.29, 1.82) is 0 Å². The summed E-state index contributed by atoms with van der Waals surface area (Å²) in [6.07, 6.45) is 0.550. The molecule has 0 aliphatic carbocycles. The summed E-state index contributed by atoms with van der Waals surface area (Å²) in [5, 5.41) is 4.03. The van der Waals surface area contributed by atoms with Gasteiger partial charge in [0.15, 0.2) is 0 Å². The number of ether oxygens (including phenoxy) is 2. The van der Waals surface area contributed by atoms with Gasteiger partial charge in [-0.25, -0.2) is 0 Å². The van der Waals surface area contributed by atoms with Crippen molar-refractivity contribution in [2.75, 3.05) is 20.0 Å². The SMILES string of the molecule is COc1cc(OC)cc(-c2noc(Cc3ccc(N)cc3)n2)c1. The van der Waals surface area contributed by atoms with Gasteiger partial charge >= 0.3 is 0 Å². The van der Waals surface area contributed by atoms with E-state index in [0.717, 1.165) is 16.8 Å². The fraction of sp³-hybridized carbons (Fsp3) is 0.176. The first-order valence-corrected chi connectivity index (χ1v) is 7.08. The van der Waals surface area contributed by atoms with Crippen LogP contribution in [-0.4, -0.2) is 24.4 Å². The number of rotatable bonds is 5. The lowest BCUT2D eigenvalue weighted by Crippen LogP contribution is -1.91. The zero-order valence-corrected chi connectivity index (χ0v) is 12.9. The number of nitrogens with zero attached hydrogens (tertiary/aromatic N) is 2. The molecule has 0 amide bonds. The Hall–Kier alpha value is -3.02. The minimum absolute atomic E-state index is 0.493. The topological polar surface area (TPSA) is 83.4 Å². The van der Waals surface area contributed by atoms with Crippen molar-refractivity contribution in [2.45, 2.75) is 6.42 Å². The van der Waals surface area contributed by atoms with Gasteiger partial charge in [0.05, 0.1) is 20.6 Å². The second-order valence-electron chi connectivity index (χ2n) is 5.03. The van der Waals surface area contributed by atoms with E-state index in [0.29, 0.717) is 29.6 Å². The third-order valence-electron chi connectivity index (χ3n) is 3.41. The Balaban J connectivity index is 1.85. The molecule has 3 rings (SSSR count). The Labute approximate surface area is 133 Å². The number of benzene rings is 2. The molecule has 0 saturated carbocycles. The number of nitrogen functional groups attached to an aromatic ring is 1. The minimum atomic E-state index is 0.493. The van der Waals surface area contributed by atoms with Crippen molar-refractivity contribution in [3.05, 3.63) is 53.9 Å². The van der Waals surface area contributed by atoms with Crippen LogP contribution in [0, 0.1) is 0 Å². The first-order valence-electron chi connectivity index (χ1n) is 7.08. The molecule has 23 heavy (non-hydrogen) atoms. The maximum Gasteiger partial charge on any atom is 0.231 e. The molecule has 118 valence electrons. The second-order valence-corrected chi connectivity index (χ2v) is 5.03. The number of aromatic nitrogens is 2. The zero-order valence-electron chi connectivity index (χ0n) is 12.9. The van der Waals surface area contributed by atoms with Crippen LogP contribution in [0.5, 0.6) is 11.5 Å². The van der Waals surface area contributed by atoms with Crippen molar-refractivity contribution >= 4 is 5.69 Å². The van der Waals surface area contributed by atoms with Gasteiger partial charge in [0.2, 0.25) is 11.7 Å². The minimum Gasteiger partial charge on any atom is -0.497 e. The second kappa shape index (κ2) is 6.39. The van der Waals surface area contributed by atoms with E-state index in [-0.39, 0.29) is 0 Å². The van der Waals surface area contributed by atoms with Crippen LogP contribution in [0.2, 0.25) is 0 Å². The summed E-state index contributed by atoms with van der Waals surface area (Å²) in [6, 6.07) is 13.0. The van der Waals surface area contributed by atoms with Gasteiger partial charge in [-0.2, -0.15) is 4.98 Å². The molecule has 0 saturated heterocycles. The van der Waals surface area contributed by atoms with Gasteiger partial charge in [0.1, 0.15) is 11.5 Å². The number of anilines is 1. The summed E-state index contributed by atoms with van der Waals surface area (Å²) in [4.78, 5) is 4.43. The monoisotopic (exact) mass is 311 g/mol. The Morgan fingerprint density at radius 1 is 1.00 bits per heavy atom. The molecule has 6 nitrogen and oxygen atoms in total. The molecule has 0 fully saturated rings. The molecular weight excluding hydrogens is 294 g/mol. The fourth-order valence-corrected chi connectivity index (χ4v) is 2.19. The van der Waals surface area contributed by atoms with Crippen LogP contribution in [0.15, 0.2) is 47.0 Å². The smallest absolute Gasteiger partial charge is 0.231 e. The largest absolute Gasteiger partial charge is 0.497 e. The summed E-state index contributed by atoms with van der Waals surface area (Å²) >= 11 is 0. The molecule has 0 radical (unpaired) electrons. The summed E-state index contributed by atoms with van der Waals surface area (Å²) in [6.45, 7) is 0. The molecule has 3 aromatic rings. The summed E-state index contributed by atoms with van der Waals surface area (Å²) in [5.74, 6) is 2.37. The summed E-state index contributed by atoms with van der Waals surface area (Å²) < 4.78 is 15.8. The molecule has 1 aromatic heterocycles. The molecule has 0 atom stereocenters. The third-order valence-corrected chi connectivity index (χ3v) is 3.41. The third kappa shape index (κ3) is 3.42. The Bertz CT molecular complexity index is 775. The lowest BCUT2D eigenvalue weighted by molar-refractivity contribution is 0.385. The van der Waals surface area contributed by atoms with E-state index < -0.39 is 0 Å². The quantitative estimate of drug-likeness (QED) is 0.729. The van der Waals surface area contributed by atoms with E-state index in [1.807, 2.05) is 36.4 Å². The van der Waals surface area contributed by atoms with Crippen molar-refractivity contribution in [1.82, 2.24) is 10.1 Å². The van der Waals surface area contributed by atoms with E-state index in [9.17, 15) is 0 Å². The zero-order chi connectivity index (χ0) is 16.2. The van der Waals surface area contributed by atoms with Gasteiger partial charge in [-0.15, -0.1) is 0 Å². The van der Waals surface area contributed by atoms with Crippen LogP contribution in [-0.2, 0) is 6.42 Å². The predicted molar refractivity (Wildman–Crippen MR) is 86.5 cm³/mol. The van der Waals surface area contributed by atoms with Gasteiger partial charge in [-0.1, -0.05) is 17.3 Å². The Kier molecular flexibility index (Phi) is 4.14. The average Bonchev–Trinajstić information content (AvgIpc) is 3.05. The molecule has 0 unspecified atom stereocenters. The van der Waals surface area contributed by atoms with Crippen LogP contribution < -0.4 is 15.2 Å². The number of hydrogen-bond donors (Lipinski definition) is 1. The Morgan fingerprint density at radius 3 is 2.26 bits per heavy atom.